The predicted molar refractivity (Wildman–Crippen MR) is 106 cm³/mol. The molecule has 0 amide bonds. The first kappa shape index (κ1) is 23.0. The third-order valence-electron chi connectivity index (χ3n) is 3.74. The third kappa shape index (κ3) is 9.32. The fraction of sp³-hybridized carbons (Fsp3) is 0.727. The maximum absolute atomic E-state index is 5.73. The van der Waals surface area contributed by atoms with E-state index < -0.39 is 0 Å². The number of ether oxygens (including phenoxy) is 2. The first-order chi connectivity index (χ1) is 11.1. The van der Waals surface area contributed by atoms with Crippen molar-refractivity contribution in [1.29, 1.82) is 0 Å². The summed E-state index contributed by atoms with van der Waals surface area (Å²) in [6.07, 6.45) is 2.26. The molecule has 140 valence electrons. The van der Waals surface area contributed by atoms with E-state index in [1.807, 2.05) is 13.8 Å². The summed E-state index contributed by atoms with van der Waals surface area (Å²) >= 11 is 0. The van der Waals surface area contributed by atoms with Gasteiger partial charge in [-0.2, -0.15) is 0 Å². The highest BCUT2D eigenvalue weighted by Gasteiger charge is 2.26. The smallest absolute Gasteiger partial charge is 0.196 e. The highest BCUT2D eigenvalue weighted by molar-refractivity contribution is 5.30. The maximum Gasteiger partial charge on any atom is 0.196 e. The molecule has 0 radical (unpaired) electrons. The zero-order valence-electron chi connectivity index (χ0n) is 17.5. The Bertz CT molecular complexity index is 415. The highest BCUT2D eigenvalue weighted by atomic mass is 16.7. The summed E-state index contributed by atoms with van der Waals surface area (Å²) in [5.41, 5.74) is 1.67. The van der Waals surface area contributed by atoms with Gasteiger partial charge in [0.25, 0.3) is 0 Å². The van der Waals surface area contributed by atoms with Gasteiger partial charge < -0.3 is 9.47 Å². The molecule has 0 aromatic heterocycles. The van der Waals surface area contributed by atoms with Gasteiger partial charge in [0.1, 0.15) is 5.75 Å². The van der Waals surface area contributed by atoms with Crippen LogP contribution in [0, 0.1) is 11.3 Å². The van der Waals surface area contributed by atoms with Crippen LogP contribution in [-0.4, -0.2) is 12.9 Å². The molecule has 0 saturated carbocycles. The molecule has 2 nitrogen and oxygen atoms in total. The summed E-state index contributed by atoms with van der Waals surface area (Å²) in [4.78, 5) is 0. The molecule has 0 spiro atoms. The molecule has 0 aliphatic heterocycles. The summed E-state index contributed by atoms with van der Waals surface area (Å²) in [5.74, 6) is 2.14. The second kappa shape index (κ2) is 11.5. The average molecular weight is 337 g/mol. The number of hydrogen-bond acceptors (Lipinski definition) is 2. The van der Waals surface area contributed by atoms with Crippen LogP contribution in [0.5, 0.6) is 5.75 Å². The van der Waals surface area contributed by atoms with E-state index in [-0.39, 0.29) is 11.7 Å². The van der Waals surface area contributed by atoms with Gasteiger partial charge in [-0.15, -0.1) is 0 Å². The third-order valence-corrected chi connectivity index (χ3v) is 3.74. The van der Waals surface area contributed by atoms with Gasteiger partial charge in [-0.1, -0.05) is 67.0 Å². The molecule has 0 bridgehead atoms. The molecule has 2 heteroatoms. The quantitative estimate of drug-likeness (QED) is 0.497. The minimum atomic E-state index is -0.199. The zero-order valence-corrected chi connectivity index (χ0v) is 17.5. The fourth-order valence-corrected chi connectivity index (χ4v) is 2.70. The standard InChI is InChI=1S/C19H32O2.C3H8/c1-8-20-15(4)21-17-11-9-16(10-12-17)18(13-14(2)3)19(5,6)7;1-3-2/h9-12,14-15,18H,8,13H2,1-7H3;3H2,1-2H3. The van der Waals surface area contributed by atoms with Gasteiger partial charge in [0.15, 0.2) is 6.29 Å². The van der Waals surface area contributed by atoms with Crippen LogP contribution in [0.3, 0.4) is 0 Å². The monoisotopic (exact) mass is 336 g/mol. The van der Waals surface area contributed by atoms with E-state index in [1.165, 1.54) is 18.4 Å². The van der Waals surface area contributed by atoms with Crippen molar-refractivity contribution in [2.45, 2.75) is 87.4 Å². The first-order valence-corrected chi connectivity index (χ1v) is 9.53. The van der Waals surface area contributed by atoms with Crippen molar-refractivity contribution in [3.8, 4) is 5.75 Å². The normalized spacial score (nSPS) is 13.9. The molecular weight excluding hydrogens is 296 g/mol. The lowest BCUT2D eigenvalue weighted by atomic mass is 9.72. The van der Waals surface area contributed by atoms with E-state index in [4.69, 9.17) is 9.47 Å². The van der Waals surface area contributed by atoms with Crippen molar-refractivity contribution in [2.24, 2.45) is 11.3 Å². The van der Waals surface area contributed by atoms with Crippen LogP contribution in [0.4, 0.5) is 0 Å². The molecule has 0 aliphatic rings. The summed E-state index contributed by atoms with van der Waals surface area (Å²) in [6.45, 7) is 20.4. The molecule has 24 heavy (non-hydrogen) atoms. The lowest BCUT2D eigenvalue weighted by Gasteiger charge is -2.32. The zero-order chi connectivity index (χ0) is 18.8. The topological polar surface area (TPSA) is 18.5 Å². The molecule has 1 aromatic rings. The molecule has 0 saturated heterocycles. The van der Waals surface area contributed by atoms with E-state index >= 15 is 0 Å². The van der Waals surface area contributed by atoms with Crippen LogP contribution >= 0.6 is 0 Å². The number of benzene rings is 1. The van der Waals surface area contributed by atoms with Crippen molar-refractivity contribution in [1.82, 2.24) is 0 Å². The largest absolute Gasteiger partial charge is 0.465 e. The minimum Gasteiger partial charge on any atom is -0.465 e. The molecule has 0 heterocycles. The van der Waals surface area contributed by atoms with Gasteiger partial charge in [-0.05, 0) is 55.2 Å². The van der Waals surface area contributed by atoms with E-state index in [0.29, 0.717) is 18.4 Å². The van der Waals surface area contributed by atoms with Gasteiger partial charge in [0.05, 0.1) is 0 Å². The van der Waals surface area contributed by atoms with Crippen molar-refractivity contribution < 1.29 is 9.47 Å². The molecule has 0 aliphatic carbocycles. The van der Waals surface area contributed by atoms with E-state index in [0.717, 1.165) is 5.75 Å². The van der Waals surface area contributed by atoms with Crippen LogP contribution in [0.1, 0.15) is 86.6 Å². The predicted octanol–water partition coefficient (Wildman–Crippen LogP) is 7.04. The van der Waals surface area contributed by atoms with Gasteiger partial charge in [-0.25, -0.2) is 0 Å². The highest BCUT2D eigenvalue weighted by Crippen LogP contribution is 2.40. The Morgan fingerprint density at radius 1 is 0.917 bits per heavy atom. The second-order valence-corrected chi connectivity index (χ2v) is 7.97. The Kier molecular flexibility index (Phi) is 11.0. The van der Waals surface area contributed by atoms with Crippen LogP contribution in [0.25, 0.3) is 0 Å². The second-order valence-electron chi connectivity index (χ2n) is 7.97. The summed E-state index contributed by atoms with van der Waals surface area (Å²) < 4.78 is 11.1. The molecule has 1 rings (SSSR count). The van der Waals surface area contributed by atoms with Crippen molar-refractivity contribution in [3.63, 3.8) is 0 Å². The van der Waals surface area contributed by atoms with Crippen LogP contribution in [-0.2, 0) is 4.74 Å². The van der Waals surface area contributed by atoms with Crippen LogP contribution in [0.15, 0.2) is 24.3 Å². The van der Waals surface area contributed by atoms with Crippen molar-refractivity contribution in [3.05, 3.63) is 29.8 Å². The van der Waals surface area contributed by atoms with Gasteiger partial charge in [-0.3, -0.25) is 0 Å². The van der Waals surface area contributed by atoms with E-state index in [1.54, 1.807) is 0 Å². The Labute approximate surface area is 151 Å². The SMILES string of the molecule is CCC.CCOC(C)Oc1ccc(C(CC(C)C)C(C)(C)C)cc1. The van der Waals surface area contributed by atoms with Crippen LogP contribution in [0.2, 0.25) is 0 Å². The molecule has 0 N–H and O–H groups in total. The summed E-state index contributed by atoms with van der Waals surface area (Å²) in [6, 6.07) is 8.52. The Morgan fingerprint density at radius 2 is 1.42 bits per heavy atom. The maximum atomic E-state index is 5.73. The van der Waals surface area contributed by atoms with E-state index in [9.17, 15) is 0 Å². The molecule has 0 fully saturated rings. The van der Waals surface area contributed by atoms with E-state index in [2.05, 4.69) is 72.7 Å². The lowest BCUT2D eigenvalue weighted by Crippen LogP contribution is -2.20. The fourth-order valence-electron chi connectivity index (χ4n) is 2.70. The number of hydrogen-bond donors (Lipinski definition) is 0. The average Bonchev–Trinajstić information content (AvgIpc) is 2.45. The number of rotatable bonds is 7. The van der Waals surface area contributed by atoms with Gasteiger partial charge >= 0.3 is 0 Å². The molecule has 2 unspecified atom stereocenters. The lowest BCUT2D eigenvalue weighted by molar-refractivity contribution is -0.0613. The Morgan fingerprint density at radius 3 is 1.79 bits per heavy atom. The first-order valence-electron chi connectivity index (χ1n) is 9.53. The van der Waals surface area contributed by atoms with Gasteiger partial charge in [0.2, 0.25) is 0 Å². The van der Waals surface area contributed by atoms with Crippen molar-refractivity contribution in [2.75, 3.05) is 6.61 Å². The molecule has 2 atom stereocenters. The molecular formula is C22H40O2. The molecule has 1 aromatic carbocycles. The van der Waals surface area contributed by atoms with Crippen LogP contribution < -0.4 is 4.74 Å². The summed E-state index contributed by atoms with van der Waals surface area (Å²) in [7, 11) is 0. The Balaban J connectivity index is 0.00000163. The van der Waals surface area contributed by atoms with Gasteiger partial charge in [0, 0.05) is 6.61 Å². The summed E-state index contributed by atoms with van der Waals surface area (Å²) in [5, 5.41) is 0. The Hall–Kier alpha value is -1.02. The minimum absolute atomic E-state index is 0.199. The van der Waals surface area contributed by atoms with Crippen molar-refractivity contribution >= 4 is 0 Å².